The lowest BCUT2D eigenvalue weighted by Gasteiger charge is -2.23. The number of para-hydroxylation sites is 1. The highest BCUT2D eigenvalue weighted by Gasteiger charge is 2.19. The zero-order valence-electron chi connectivity index (χ0n) is 15.3. The van der Waals surface area contributed by atoms with Crippen molar-refractivity contribution in [3.05, 3.63) is 57.0 Å². The summed E-state index contributed by atoms with van der Waals surface area (Å²) < 4.78 is 7.23. The van der Waals surface area contributed by atoms with Crippen LogP contribution in [0.15, 0.2) is 51.4 Å². The molecule has 1 saturated carbocycles. The van der Waals surface area contributed by atoms with Crippen LogP contribution in [-0.4, -0.2) is 24.5 Å². The topological polar surface area (TPSA) is 67.4 Å². The van der Waals surface area contributed by atoms with E-state index in [1.54, 1.807) is 30.3 Å². The molecule has 0 bridgehead atoms. The van der Waals surface area contributed by atoms with Gasteiger partial charge in [-0.25, -0.2) is 0 Å². The van der Waals surface area contributed by atoms with Crippen LogP contribution in [0.1, 0.15) is 42.5 Å². The van der Waals surface area contributed by atoms with Crippen molar-refractivity contribution < 1.29 is 14.3 Å². The summed E-state index contributed by atoms with van der Waals surface area (Å²) in [7, 11) is 0. The molecule has 0 heterocycles. The van der Waals surface area contributed by atoms with Gasteiger partial charge in [0.1, 0.15) is 5.75 Å². The fourth-order valence-electron chi connectivity index (χ4n) is 3.22. The molecule has 2 aromatic carbocycles. The number of hydrogen-bond donors (Lipinski definition) is 2. The second-order valence-corrected chi connectivity index (χ2v) is 8.54. The van der Waals surface area contributed by atoms with Gasteiger partial charge in [-0.05, 0) is 59.1 Å². The van der Waals surface area contributed by atoms with E-state index in [1.807, 2.05) is 12.1 Å². The van der Waals surface area contributed by atoms with Crippen molar-refractivity contribution in [2.24, 2.45) is 0 Å². The Labute approximate surface area is 181 Å². The molecule has 2 aromatic rings. The van der Waals surface area contributed by atoms with Crippen LogP contribution in [0.5, 0.6) is 5.75 Å². The highest BCUT2D eigenvalue weighted by Crippen LogP contribution is 2.28. The maximum Gasteiger partial charge on any atom is 0.262 e. The summed E-state index contributed by atoms with van der Waals surface area (Å²) in [5, 5.41) is 5.87. The quantitative estimate of drug-likeness (QED) is 0.555. The van der Waals surface area contributed by atoms with Gasteiger partial charge in [-0.2, -0.15) is 0 Å². The van der Waals surface area contributed by atoms with Gasteiger partial charge in [0.2, 0.25) is 0 Å². The molecule has 1 aliphatic carbocycles. The lowest BCUT2D eigenvalue weighted by Crippen LogP contribution is -2.36. The number of nitrogens with one attached hydrogen (secondary N) is 2. The van der Waals surface area contributed by atoms with Crippen molar-refractivity contribution in [1.29, 1.82) is 0 Å². The second kappa shape index (κ2) is 10.1. The van der Waals surface area contributed by atoms with Gasteiger partial charge in [-0.3, -0.25) is 9.59 Å². The first kappa shape index (κ1) is 20.9. The zero-order chi connectivity index (χ0) is 19.9. The summed E-state index contributed by atoms with van der Waals surface area (Å²) in [4.78, 5) is 25.0. The van der Waals surface area contributed by atoms with Gasteiger partial charge in [0, 0.05) is 10.5 Å². The minimum absolute atomic E-state index is 0.153. The molecule has 28 heavy (non-hydrogen) atoms. The molecule has 1 aliphatic rings. The molecule has 0 saturated heterocycles. The third-order valence-corrected chi connectivity index (χ3v) is 5.75. The van der Waals surface area contributed by atoms with Crippen LogP contribution in [0.2, 0.25) is 0 Å². The van der Waals surface area contributed by atoms with Crippen LogP contribution in [0, 0.1) is 0 Å². The Hall–Kier alpha value is -1.86. The largest absolute Gasteiger partial charge is 0.483 e. The summed E-state index contributed by atoms with van der Waals surface area (Å²) in [6.45, 7) is -0.154. The van der Waals surface area contributed by atoms with Crippen LogP contribution >= 0.6 is 31.9 Å². The van der Waals surface area contributed by atoms with Crippen molar-refractivity contribution in [1.82, 2.24) is 5.32 Å². The molecule has 1 fully saturated rings. The number of carbonyl (C=O) groups excluding carboxylic acids is 2. The Morgan fingerprint density at radius 1 is 1.04 bits per heavy atom. The Morgan fingerprint density at radius 2 is 1.79 bits per heavy atom. The fraction of sp³-hybridized carbons (Fsp3) is 0.333. The Kier molecular flexibility index (Phi) is 7.50. The van der Waals surface area contributed by atoms with E-state index in [1.165, 1.54) is 6.42 Å². The molecule has 2 N–H and O–H groups in total. The molecule has 0 atom stereocenters. The van der Waals surface area contributed by atoms with Gasteiger partial charge >= 0.3 is 0 Å². The van der Waals surface area contributed by atoms with Gasteiger partial charge in [0.25, 0.3) is 11.8 Å². The molecule has 0 spiro atoms. The molecule has 7 heteroatoms. The molecule has 0 unspecified atom stereocenters. The van der Waals surface area contributed by atoms with Gasteiger partial charge in [0.15, 0.2) is 6.61 Å². The van der Waals surface area contributed by atoms with Gasteiger partial charge in [-0.15, -0.1) is 0 Å². The standard InChI is InChI=1S/C21H22Br2N2O3/c22-14-10-11-19(17(23)12-14)28-13-20(26)25-18-9-5-4-8-16(18)21(27)24-15-6-2-1-3-7-15/h4-5,8-12,15H,1-3,6-7,13H2,(H,24,27)(H,25,26). The van der Waals surface area contributed by atoms with Crippen molar-refractivity contribution in [3.63, 3.8) is 0 Å². The average Bonchev–Trinajstić information content (AvgIpc) is 2.68. The molecule has 3 rings (SSSR count). The first-order chi connectivity index (χ1) is 13.5. The molecule has 5 nitrogen and oxygen atoms in total. The molecule has 148 valence electrons. The van der Waals surface area contributed by atoms with E-state index in [0.29, 0.717) is 17.0 Å². The van der Waals surface area contributed by atoms with Gasteiger partial charge < -0.3 is 15.4 Å². The summed E-state index contributed by atoms with van der Waals surface area (Å²) in [6, 6.07) is 12.7. The van der Waals surface area contributed by atoms with Crippen molar-refractivity contribution >= 4 is 49.4 Å². The number of ether oxygens (including phenoxy) is 1. The highest BCUT2D eigenvalue weighted by molar-refractivity contribution is 9.11. The van der Waals surface area contributed by atoms with E-state index in [0.717, 1.165) is 34.6 Å². The number of rotatable bonds is 6. The average molecular weight is 510 g/mol. The van der Waals surface area contributed by atoms with E-state index in [2.05, 4.69) is 42.5 Å². The summed E-state index contributed by atoms with van der Waals surface area (Å²) in [6.07, 6.45) is 5.54. The van der Waals surface area contributed by atoms with Crippen LogP contribution in [0.4, 0.5) is 5.69 Å². The Morgan fingerprint density at radius 3 is 2.54 bits per heavy atom. The number of hydrogen-bond acceptors (Lipinski definition) is 3. The van der Waals surface area contributed by atoms with Crippen molar-refractivity contribution in [3.8, 4) is 5.75 Å². The summed E-state index contributed by atoms with van der Waals surface area (Å²) in [5.41, 5.74) is 0.950. The SMILES string of the molecule is O=C(COc1ccc(Br)cc1Br)Nc1ccccc1C(=O)NC1CCCCC1. The first-order valence-electron chi connectivity index (χ1n) is 9.30. The van der Waals surface area contributed by atoms with Crippen LogP contribution in [0.3, 0.4) is 0 Å². The normalized spacial score (nSPS) is 14.4. The van der Waals surface area contributed by atoms with Crippen LogP contribution < -0.4 is 15.4 Å². The monoisotopic (exact) mass is 508 g/mol. The predicted molar refractivity (Wildman–Crippen MR) is 117 cm³/mol. The zero-order valence-corrected chi connectivity index (χ0v) is 18.5. The van der Waals surface area contributed by atoms with Crippen molar-refractivity contribution in [2.45, 2.75) is 38.1 Å². The van der Waals surface area contributed by atoms with Gasteiger partial charge in [-0.1, -0.05) is 47.3 Å². The second-order valence-electron chi connectivity index (χ2n) is 6.77. The number of benzene rings is 2. The third kappa shape index (κ3) is 5.82. The van der Waals surface area contributed by atoms with Gasteiger partial charge in [0.05, 0.1) is 15.7 Å². The maximum absolute atomic E-state index is 12.7. The lowest BCUT2D eigenvalue weighted by molar-refractivity contribution is -0.118. The fourth-order valence-corrected chi connectivity index (χ4v) is 4.38. The Bertz CT molecular complexity index is 851. The van der Waals surface area contributed by atoms with E-state index in [-0.39, 0.29) is 24.5 Å². The minimum Gasteiger partial charge on any atom is -0.483 e. The van der Waals surface area contributed by atoms with Crippen LogP contribution in [-0.2, 0) is 4.79 Å². The summed E-state index contributed by atoms with van der Waals surface area (Å²) in [5.74, 6) is 0.0915. The molecule has 0 aromatic heterocycles. The highest BCUT2D eigenvalue weighted by atomic mass is 79.9. The molecule has 0 aliphatic heterocycles. The first-order valence-corrected chi connectivity index (χ1v) is 10.9. The van der Waals surface area contributed by atoms with Crippen LogP contribution in [0.25, 0.3) is 0 Å². The van der Waals surface area contributed by atoms with E-state index in [4.69, 9.17) is 4.74 Å². The molecule has 0 radical (unpaired) electrons. The lowest BCUT2D eigenvalue weighted by atomic mass is 9.95. The molecular formula is C21H22Br2N2O3. The number of amides is 2. The summed E-state index contributed by atoms with van der Waals surface area (Å²) >= 11 is 6.78. The smallest absolute Gasteiger partial charge is 0.262 e. The van der Waals surface area contributed by atoms with E-state index >= 15 is 0 Å². The van der Waals surface area contributed by atoms with E-state index < -0.39 is 0 Å². The maximum atomic E-state index is 12.7. The Balaban J connectivity index is 1.60. The van der Waals surface area contributed by atoms with Crippen molar-refractivity contribution in [2.75, 3.05) is 11.9 Å². The predicted octanol–water partition coefficient (Wildman–Crippen LogP) is 5.29. The third-order valence-electron chi connectivity index (χ3n) is 4.64. The van der Waals surface area contributed by atoms with E-state index in [9.17, 15) is 9.59 Å². The number of anilines is 1. The number of halogens is 2. The number of carbonyl (C=O) groups is 2. The minimum atomic E-state index is -0.326. The molecule has 2 amide bonds. The molecular weight excluding hydrogens is 488 g/mol.